The predicted molar refractivity (Wildman–Crippen MR) is 109 cm³/mol. The number of aromatic nitrogens is 1. The van der Waals surface area contributed by atoms with E-state index in [-0.39, 0.29) is 29.3 Å². The number of carbonyl (C=O) groups is 1. The van der Waals surface area contributed by atoms with Gasteiger partial charge in [-0.25, -0.2) is 13.1 Å². The molecule has 1 aromatic carbocycles. The summed E-state index contributed by atoms with van der Waals surface area (Å²) in [4.78, 5) is 14.2. The van der Waals surface area contributed by atoms with Crippen LogP contribution in [-0.2, 0) is 14.8 Å². The van der Waals surface area contributed by atoms with Crippen LogP contribution >= 0.6 is 23.2 Å². The number of likely N-dealkylation sites (tertiary alicyclic amines) is 1. The smallest absolute Gasteiger partial charge is 0.260 e. The first-order valence-electron chi connectivity index (χ1n) is 8.74. The number of nitrogens with zero attached hydrogens (tertiary/aromatic N) is 2. The molecule has 11 heteroatoms. The van der Waals surface area contributed by atoms with Crippen molar-refractivity contribution in [3.05, 3.63) is 46.4 Å². The molecule has 1 aliphatic heterocycles. The third kappa shape index (κ3) is 5.51. The molecule has 1 aliphatic rings. The van der Waals surface area contributed by atoms with E-state index in [1.54, 1.807) is 17.0 Å². The summed E-state index contributed by atoms with van der Waals surface area (Å²) in [5.74, 6) is 0.450. The summed E-state index contributed by atoms with van der Waals surface area (Å²) in [6.45, 7) is 3.87. The first-order chi connectivity index (χ1) is 13.8. The quantitative estimate of drug-likeness (QED) is 0.682. The standard InChI is InChI=1S/C18H19Cl2N3O5S/c1-2-29(25,26)22-13-4-7-23(8-5-13)17(24)11-27-18-14(16-3-6-21-28-16)9-12(19)10-15(18)20/h2-3,6,9-10,13,22H,1,4-5,7-8,11H2. The van der Waals surface area contributed by atoms with Gasteiger partial charge in [-0.3, -0.25) is 4.79 Å². The van der Waals surface area contributed by atoms with Crippen molar-refractivity contribution in [3.8, 4) is 17.1 Å². The zero-order chi connectivity index (χ0) is 21.0. The molecule has 0 atom stereocenters. The van der Waals surface area contributed by atoms with Gasteiger partial charge in [-0.1, -0.05) is 34.9 Å². The van der Waals surface area contributed by atoms with Gasteiger partial charge in [-0.05, 0) is 25.0 Å². The number of hydrogen-bond acceptors (Lipinski definition) is 6. The molecule has 29 heavy (non-hydrogen) atoms. The number of rotatable bonds is 7. The van der Waals surface area contributed by atoms with E-state index in [2.05, 4.69) is 16.5 Å². The lowest BCUT2D eigenvalue weighted by molar-refractivity contribution is -0.134. The summed E-state index contributed by atoms with van der Waals surface area (Å²) in [6.07, 6.45) is 2.48. The van der Waals surface area contributed by atoms with Gasteiger partial charge in [0.2, 0.25) is 10.0 Å². The number of sulfonamides is 1. The average Bonchev–Trinajstić information content (AvgIpc) is 3.21. The Labute approximate surface area is 178 Å². The summed E-state index contributed by atoms with van der Waals surface area (Å²) in [5.41, 5.74) is 0.491. The molecule has 3 rings (SSSR count). The van der Waals surface area contributed by atoms with Gasteiger partial charge in [-0.15, -0.1) is 0 Å². The van der Waals surface area contributed by atoms with Gasteiger partial charge in [0, 0.05) is 35.6 Å². The van der Waals surface area contributed by atoms with E-state index in [1.807, 2.05) is 0 Å². The van der Waals surface area contributed by atoms with Gasteiger partial charge >= 0.3 is 0 Å². The second-order valence-electron chi connectivity index (χ2n) is 6.41. The van der Waals surface area contributed by atoms with Crippen molar-refractivity contribution in [1.29, 1.82) is 0 Å². The highest BCUT2D eigenvalue weighted by atomic mass is 35.5. The third-order valence-corrected chi connectivity index (χ3v) is 6.05. The molecule has 0 unspecified atom stereocenters. The highest BCUT2D eigenvalue weighted by Crippen LogP contribution is 2.39. The third-order valence-electron chi connectivity index (χ3n) is 4.45. The Kier molecular flexibility index (Phi) is 6.84. The van der Waals surface area contributed by atoms with E-state index in [0.29, 0.717) is 42.3 Å². The fourth-order valence-electron chi connectivity index (χ4n) is 3.00. The van der Waals surface area contributed by atoms with E-state index in [1.165, 1.54) is 12.3 Å². The van der Waals surface area contributed by atoms with Crippen LogP contribution in [0, 0.1) is 0 Å². The lowest BCUT2D eigenvalue weighted by Gasteiger charge is -2.32. The van der Waals surface area contributed by atoms with Crippen LogP contribution in [0.25, 0.3) is 11.3 Å². The second-order valence-corrected chi connectivity index (χ2v) is 8.92. The predicted octanol–water partition coefficient (Wildman–Crippen LogP) is 3.08. The van der Waals surface area contributed by atoms with Gasteiger partial charge in [0.1, 0.15) is 5.75 Å². The van der Waals surface area contributed by atoms with Gasteiger partial charge in [0.05, 0.1) is 16.8 Å². The molecule has 0 aliphatic carbocycles. The number of halogens is 2. The van der Waals surface area contributed by atoms with Gasteiger partial charge < -0.3 is 14.2 Å². The number of benzene rings is 1. The summed E-state index contributed by atoms with van der Waals surface area (Å²) in [7, 11) is -3.49. The Bertz CT molecular complexity index is 987. The fraction of sp³-hybridized carbons (Fsp3) is 0.333. The van der Waals surface area contributed by atoms with E-state index < -0.39 is 10.0 Å². The Morgan fingerprint density at radius 2 is 2.10 bits per heavy atom. The first-order valence-corrected chi connectivity index (χ1v) is 11.0. The molecular formula is C18H19Cl2N3O5S. The number of ether oxygens (including phenoxy) is 1. The highest BCUT2D eigenvalue weighted by Gasteiger charge is 2.26. The monoisotopic (exact) mass is 459 g/mol. The van der Waals surface area contributed by atoms with Crippen LogP contribution in [0.3, 0.4) is 0 Å². The van der Waals surface area contributed by atoms with E-state index in [4.69, 9.17) is 32.5 Å². The second kappa shape index (κ2) is 9.17. The maximum absolute atomic E-state index is 12.5. The molecule has 2 heterocycles. The molecule has 1 aromatic heterocycles. The largest absolute Gasteiger partial charge is 0.481 e. The number of amides is 1. The maximum Gasteiger partial charge on any atom is 0.260 e. The van der Waals surface area contributed by atoms with Crippen molar-refractivity contribution in [2.24, 2.45) is 0 Å². The molecule has 1 fully saturated rings. The molecule has 1 amide bonds. The number of piperidine rings is 1. The van der Waals surface area contributed by atoms with Crippen molar-refractivity contribution < 1.29 is 22.5 Å². The van der Waals surface area contributed by atoms with Gasteiger partial charge in [0.25, 0.3) is 5.91 Å². The zero-order valence-corrected chi connectivity index (χ0v) is 17.6. The van der Waals surface area contributed by atoms with Crippen LogP contribution < -0.4 is 9.46 Å². The Morgan fingerprint density at radius 1 is 1.38 bits per heavy atom. The lowest BCUT2D eigenvalue weighted by Crippen LogP contribution is -2.47. The van der Waals surface area contributed by atoms with Crippen molar-refractivity contribution in [2.45, 2.75) is 18.9 Å². The summed E-state index contributed by atoms with van der Waals surface area (Å²) < 4.78 is 36.5. The molecule has 0 saturated carbocycles. The minimum absolute atomic E-state index is 0.230. The van der Waals surface area contributed by atoms with Crippen LogP contribution in [0.15, 0.2) is 40.9 Å². The van der Waals surface area contributed by atoms with Crippen LogP contribution in [0.4, 0.5) is 0 Å². The van der Waals surface area contributed by atoms with Crippen molar-refractivity contribution in [3.63, 3.8) is 0 Å². The number of hydrogen-bond donors (Lipinski definition) is 1. The molecular weight excluding hydrogens is 441 g/mol. The molecule has 1 saturated heterocycles. The van der Waals surface area contributed by atoms with Crippen molar-refractivity contribution in [1.82, 2.24) is 14.8 Å². The van der Waals surface area contributed by atoms with Crippen molar-refractivity contribution in [2.75, 3.05) is 19.7 Å². The number of carbonyl (C=O) groups excluding carboxylic acids is 1. The number of nitrogens with one attached hydrogen (secondary N) is 1. The zero-order valence-electron chi connectivity index (χ0n) is 15.3. The van der Waals surface area contributed by atoms with Crippen LogP contribution in [0.5, 0.6) is 5.75 Å². The van der Waals surface area contributed by atoms with Crippen LogP contribution in [-0.4, -0.2) is 50.1 Å². The topological polar surface area (TPSA) is 102 Å². The van der Waals surface area contributed by atoms with Gasteiger partial charge in [-0.2, -0.15) is 0 Å². The van der Waals surface area contributed by atoms with Crippen LogP contribution in [0.2, 0.25) is 10.0 Å². The first kappa shape index (κ1) is 21.6. The fourth-order valence-corrected chi connectivity index (χ4v) is 4.34. The average molecular weight is 460 g/mol. The Balaban J connectivity index is 1.62. The summed E-state index contributed by atoms with van der Waals surface area (Å²) in [5, 5.41) is 5.17. The Morgan fingerprint density at radius 3 is 2.72 bits per heavy atom. The molecule has 0 radical (unpaired) electrons. The maximum atomic E-state index is 12.5. The van der Waals surface area contributed by atoms with E-state index >= 15 is 0 Å². The van der Waals surface area contributed by atoms with E-state index in [0.717, 1.165) is 5.41 Å². The molecule has 0 bridgehead atoms. The summed E-state index contributed by atoms with van der Waals surface area (Å²) in [6, 6.07) is 4.53. The molecule has 156 valence electrons. The molecule has 2 aromatic rings. The van der Waals surface area contributed by atoms with Crippen molar-refractivity contribution >= 4 is 39.1 Å². The lowest BCUT2D eigenvalue weighted by atomic mass is 10.1. The molecule has 1 N–H and O–H groups in total. The molecule has 0 spiro atoms. The highest BCUT2D eigenvalue weighted by molar-refractivity contribution is 7.92. The van der Waals surface area contributed by atoms with Crippen LogP contribution in [0.1, 0.15) is 12.8 Å². The SMILES string of the molecule is C=CS(=O)(=O)NC1CCN(C(=O)COc2c(Cl)cc(Cl)cc2-c2ccno2)CC1. The minimum Gasteiger partial charge on any atom is -0.481 e. The minimum atomic E-state index is -3.49. The normalized spacial score (nSPS) is 15.3. The summed E-state index contributed by atoms with van der Waals surface area (Å²) >= 11 is 12.3. The Hall–Kier alpha value is -2.07. The molecule has 8 nitrogen and oxygen atoms in total. The van der Waals surface area contributed by atoms with Gasteiger partial charge in [0.15, 0.2) is 12.4 Å². The van der Waals surface area contributed by atoms with E-state index in [9.17, 15) is 13.2 Å².